The summed E-state index contributed by atoms with van der Waals surface area (Å²) in [4.78, 5) is 4.33. The fourth-order valence-electron chi connectivity index (χ4n) is 4.28. The summed E-state index contributed by atoms with van der Waals surface area (Å²) in [5.41, 5.74) is 4.64. The molecule has 32 heavy (non-hydrogen) atoms. The lowest BCUT2D eigenvalue weighted by molar-refractivity contribution is 0.222. The van der Waals surface area contributed by atoms with E-state index in [0.717, 1.165) is 39.5 Å². The number of halogens is 1. The molecule has 4 heterocycles. The second kappa shape index (κ2) is 7.35. The van der Waals surface area contributed by atoms with Crippen molar-refractivity contribution in [2.75, 3.05) is 12.4 Å². The maximum absolute atomic E-state index is 6.56. The molecule has 158 valence electrons. The molecule has 2 aliphatic heterocycles. The summed E-state index contributed by atoms with van der Waals surface area (Å²) in [6.07, 6.45) is 3.18. The molecule has 0 aliphatic carbocycles. The van der Waals surface area contributed by atoms with E-state index in [1.807, 2.05) is 60.8 Å². The highest BCUT2D eigenvalue weighted by Crippen LogP contribution is 2.50. The molecule has 9 heteroatoms. The van der Waals surface area contributed by atoms with Crippen LogP contribution in [0, 0.1) is 0 Å². The summed E-state index contributed by atoms with van der Waals surface area (Å²) in [6, 6.07) is 17.1. The van der Waals surface area contributed by atoms with Crippen molar-refractivity contribution < 1.29 is 9.47 Å². The van der Waals surface area contributed by atoms with Gasteiger partial charge in [0.2, 0.25) is 5.95 Å². The van der Waals surface area contributed by atoms with E-state index >= 15 is 0 Å². The van der Waals surface area contributed by atoms with Gasteiger partial charge in [0.1, 0.15) is 23.6 Å². The Hall–Kier alpha value is -3.91. The molecule has 4 aromatic rings. The molecule has 0 bridgehead atoms. The van der Waals surface area contributed by atoms with Gasteiger partial charge in [0, 0.05) is 28.6 Å². The van der Waals surface area contributed by atoms with Crippen molar-refractivity contribution in [1.82, 2.24) is 25.2 Å². The monoisotopic (exact) mass is 444 g/mol. The molecule has 2 atom stereocenters. The first-order chi connectivity index (χ1) is 15.7. The van der Waals surface area contributed by atoms with Crippen LogP contribution in [-0.2, 0) is 0 Å². The van der Waals surface area contributed by atoms with Crippen molar-refractivity contribution in [2.45, 2.75) is 12.1 Å². The lowest BCUT2D eigenvalue weighted by atomic mass is 9.85. The normalized spacial score (nSPS) is 18.7. The van der Waals surface area contributed by atoms with E-state index < -0.39 is 0 Å². The van der Waals surface area contributed by atoms with Gasteiger partial charge in [-0.1, -0.05) is 34.9 Å². The third-order valence-corrected chi connectivity index (χ3v) is 5.95. The van der Waals surface area contributed by atoms with Crippen LogP contribution in [-0.4, -0.2) is 32.3 Å². The number of nitrogens with one attached hydrogen (secondary N) is 1. The highest BCUT2D eigenvalue weighted by atomic mass is 35.5. The first-order valence-corrected chi connectivity index (χ1v) is 10.4. The number of hydrogen-bond acceptors (Lipinski definition) is 7. The van der Waals surface area contributed by atoms with Gasteiger partial charge in [-0.3, -0.25) is 4.98 Å². The van der Waals surface area contributed by atoms with Gasteiger partial charge in [0.05, 0.1) is 12.8 Å². The topological polar surface area (TPSA) is 87.0 Å². The summed E-state index contributed by atoms with van der Waals surface area (Å²) in [7, 11) is 1.65. The second-order valence-electron chi connectivity index (χ2n) is 7.50. The van der Waals surface area contributed by atoms with Crippen LogP contribution < -0.4 is 14.8 Å². The zero-order chi connectivity index (χ0) is 21.7. The number of rotatable bonds is 3. The van der Waals surface area contributed by atoms with Crippen molar-refractivity contribution in [3.05, 3.63) is 94.3 Å². The lowest BCUT2D eigenvalue weighted by Crippen LogP contribution is -2.32. The van der Waals surface area contributed by atoms with Gasteiger partial charge < -0.3 is 14.8 Å². The largest absolute Gasteiger partial charge is 0.497 e. The number of benzene rings is 2. The highest BCUT2D eigenvalue weighted by Gasteiger charge is 2.41. The summed E-state index contributed by atoms with van der Waals surface area (Å²) < 4.78 is 13.7. The molecule has 6 rings (SSSR count). The molecule has 0 unspecified atom stereocenters. The molecule has 8 nitrogen and oxygen atoms in total. The predicted octanol–water partition coefficient (Wildman–Crippen LogP) is 4.29. The minimum absolute atomic E-state index is 0.316. The van der Waals surface area contributed by atoms with E-state index in [1.165, 1.54) is 0 Å². The Kier molecular flexibility index (Phi) is 4.32. The highest BCUT2D eigenvalue weighted by molar-refractivity contribution is 6.30. The van der Waals surface area contributed by atoms with Crippen molar-refractivity contribution in [3.63, 3.8) is 0 Å². The number of fused-ring (bicyclic) bond motifs is 3. The Bertz CT molecular complexity index is 1340. The molecule has 0 radical (unpaired) electrons. The van der Waals surface area contributed by atoms with Crippen LogP contribution in [0.4, 0.5) is 5.95 Å². The lowest BCUT2D eigenvalue weighted by Gasteiger charge is -2.38. The van der Waals surface area contributed by atoms with Crippen molar-refractivity contribution >= 4 is 23.2 Å². The average molecular weight is 445 g/mol. The quantitative estimate of drug-likeness (QED) is 0.504. The minimum atomic E-state index is -0.389. The van der Waals surface area contributed by atoms with Gasteiger partial charge >= 0.3 is 0 Å². The molecule has 2 aliphatic rings. The Labute approximate surface area is 188 Å². The van der Waals surface area contributed by atoms with Crippen LogP contribution in [0.15, 0.2) is 72.6 Å². The van der Waals surface area contributed by atoms with E-state index in [2.05, 4.69) is 25.8 Å². The first kappa shape index (κ1) is 18.8. The fraction of sp³-hybridized carbons (Fsp3) is 0.130. The van der Waals surface area contributed by atoms with E-state index in [9.17, 15) is 0 Å². The molecule has 2 aromatic heterocycles. The number of ether oxygens (including phenoxy) is 2. The molecular weight excluding hydrogens is 428 g/mol. The number of nitrogens with zero attached hydrogens (tertiary/aromatic N) is 5. The zero-order valence-corrected chi connectivity index (χ0v) is 17.7. The minimum Gasteiger partial charge on any atom is -0.497 e. The summed E-state index contributed by atoms with van der Waals surface area (Å²) in [6.45, 7) is 0. The summed E-state index contributed by atoms with van der Waals surface area (Å²) in [5.74, 6) is 2.05. The van der Waals surface area contributed by atoms with Gasteiger partial charge in [0.25, 0.3) is 0 Å². The summed E-state index contributed by atoms with van der Waals surface area (Å²) >= 11 is 6.35. The Morgan fingerprint density at radius 3 is 2.75 bits per heavy atom. The maximum Gasteiger partial charge on any atom is 0.248 e. The van der Waals surface area contributed by atoms with Crippen LogP contribution in [0.1, 0.15) is 28.8 Å². The number of tetrazole rings is 1. The first-order valence-electron chi connectivity index (χ1n) is 10.0. The molecule has 0 amide bonds. The Morgan fingerprint density at radius 1 is 1.09 bits per heavy atom. The van der Waals surface area contributed by atoms with E-state index in [-0.39, 0.29) is 12.1 Å². The molecule has 0 fully saturated rings. The van der Waals surface area contributed by atoms with Crippen LogP contribution in [0.25, 0.3) is 5.70 Å². The van der Waals surface area contributed by atoms with Gasteiger partial charge in [0.15, 0.2) is 0 Å². The molecule has 0 saturated carbocycles. The number of methoxy groups -OCH3 is 1. The number of aromatic nitrogens is 5. The Balaban J connectivity index is 1.61. The SMILES string of the molecule is COc1ccc([C@@H]2Oc3ccc(Cl)cc3C3=C2[C@H](c2cccnc2)n2nnnc2N3)cc1. The third-order valence-electron chi connectivity index (χ3n) is 5.71. The molecular formula is C23H17ClN6O2. The van der Waals surface area contributed by atoms with Gasteiger partial charge in [-0.05, 0) is 58.0 Å². The van der Waals surface area contributed by atoms with E-state index in [1.54, 1.807) is 18.0 Å². The smallest absolute Gasteiger partial charge is 0.248 e. The number of anilines is 1. The fourth-order valence-corrected chi connectivity index (χ4v) is 4.45. The van der Waals surface area contributed by atoms with Gasteiger partial charge in [-0.25, -0.2) is 0 Å². The van der Waals surface area contributed by atoms with Crippen molar-refractivity contribution in [1.29, 1.82) is 0 Å². The van der Waals surface area contributed by atoms with Crippen molar-refractivity contribution in [3.8, 4) is 11.5 Å². The second-order valence-corrected chi connectivity index (χ2v) is 7.94. The maximum atomic E-state index is 6.56. The molecule has 2 aromatic carbocycles. The Morgan fingerprint density at radius 2 is 1.97 bits per heavy atom. The standard InChI is InChI=1S/C23H17ClN6O2/c1-31-16-7-4-13(5-8-16)22-19-20(17-11-15(24)6-9-18(17)32-22)26-23-27-28-29-30(23)21(19)14-3-2-10-25-12-14/h2-12,21-22H,1H3,(H,26,27,29)/t21-,22-/m0/s1. The van der Waals surface area contributed by atoms with Gasteiger partial charge in [-0.2, -0.15) is 4.68 Å². The van der Waals surface area contributed by atoms with Crippen LogP contribution in [0.2, 0.25) is 5.02 Å². The van der Waals surface area contributed by atoms with Crippen LogP contribution in [0.3, 0.4) is 0 Å². The van der Waals surface area contributed by atoms with Gasteiger partial charge in [-0.15, -0.1) is 0 Å². The molecule has 0 saturated heterocycles. The number of pyridine rings is 1. The zero-order valence-electron chi connectivity index (χ0n) is 16.9. The summed E-state index contributed by atoms with van der Waals surface area (Å²) in [5, 5.41) is 16.4. The van der Waals surface area contributed by atoms with E-state index in [4.69, 9.17) is 21.1 Å². The van der Waals surface area contributed by atoms with Crippen LogP contribution >= 0.6 is 11.6 Å². The van der Waals surface area contributed by atoms with Crippen molar-refractivity contribution in [2.24, 2.45) is 0 Å². The number of hydrogen-bond donors (Lipinski definition) is 1. The average Bonchev–Trinajstić information content (AvgIpc) is 3.31. The molecule has 0 spiro atoms. The predicted molar refractivity (Wildman–Crippen MR) is 119 cm³/mol. The third kappa shape index (κ3) is 2.91. The van der Waals surface area contributed by atoms with Crippen LogP contribution in [0.5, 0.6) is 11.5 Å². The van der Waals surface area contributed by atoms with E-state index in [0.29, 0.717) is 11.0 Å². The molecule has 1 N–H and O–H groups in total.